The number of hydrogen-bond donors (Lipinski definition) is 2. The van der Waals surface area contributed by atoms with Crippen LogP contribution in [0.4, 0.5) is 5.69 Å². The normalized spacial score (nSPS) is 8.89. The van der Waals surface area contributed by atoms with Crippen molar-refractivity contribution < 1.29 is 4.79 Å². The molecule has 0 aliphatic heterocycles. The SMILES string of the molecule is O=C(C#Cc1ccccc1)NNc1ccccc1. The molecule has 0 heterocycles. The summed E-state index contributed by atoms with van der Waals surface area (Å²) in [5, 5.41) is 0. The molecule has 0 saturated carbocycles. The number of rotatable bonds is 2. The largest absolute Gasteiger partial charge is 0.314 e. The van der Waals surface area contributed by atoms with E-state index in [0.29, 0.717) is 0 Å². The number of nitrogens with one attached hydrogen (secondary N) is 2. The Bertz CT molecular complexity index is 568. The Morgan fingerprint density at radius 1 is 0.889 bits per heavy atom. The number of anilines is 1. The molecular formula is C15H12N2O. The minimum absolute atomic E-state index is 0.372. The quantitative estimate of drug-likeness (QED) is 0.620. The Morgan fingerprint density at radius 3 is 2.17 bits per heavy atom. The first-order valence-electron chi connectivity index (χ1n) is 5.53. The number of hydrazine groups is 1. The van der Waals surface area contributed by atoms with Crippen LogP contribution in [-0.4, -0.2) is 5.91 Å². The fourth-order valence-corrected chi connectivity index (χ4v) is 1.33. The van der Waals surface area contributed by atoms with Crippen molar-refractivity contribution in [3.8, 4) is 11.8 Å². The van der Waals surface area contributed by atoms with E-state index in [0.717, 1.165) is 11.3 Å². The minimum atomic E-state index is -0.372. The molecule has 3 heteroatoms. The van der Waals surface area contributed by atoms with E-state index in [1.165, 1.54) is 0 Å². The second-order valence-corrected chi connectivity index (χ2v) is 3.56. The van der Waals surface area contributed by atoms with Gasteiger partial charge in [0.05, 0.1) is 5.69 Å². The van der Waals surface area contributed by atoms with Gasteiger partial charge in [-0.2, -0.15) is 0 Å². The van der Waals surface area contributed by atoms with E-state index in [-0.39, 0.29) is 5.91 Å². The fourth-order valence-electron chi connectivity index (χ4n) is 1.33. The van der Waals surface area contributed by atoms with Crippen LogP contribution in [0.5, 0.6) is 0 Å². The lowest BCUT2D eigenvalue weighted by molar-refractivity contribution is -0.115. The van der Waals surface area contributed by atoms with Crippen LogP contribution in [0.15, 0.2) is 60.7 Å². The molecule has 0 radical (unpaired) electrons. The predicted octanol–water partition coefficient (Wildman–Crippen LogP) is 2.18. The van der Waals surface area contributed by atoms with E-state index in [4.69, 9.17) is 0 Å². The summed E-state index contributed by atoms with van der Waals surface area (Å²) in [4.78, 5) is 11.4. The standard InChI is InChI=1S/C15H12N2O/c18-15(12-11-13-7-3-1-4-8-13)17-16-14-9-5-2-6-10-14/h1-10,16H,(H,17,18). The number of benzene rings is 2. The van der Waals surface area contributed by atoms with Crippen molar-refractivity contribution in [3.05, 3.63) is 66.2 Å². The third-order valence-corrected chi connectivity index (χ3v) is 2.19. The molecule has 0 unspecified atom stereocenters. The molecule has 2 N–H and O–H groups in total. The highest BCUT2D eigenvalue weighted by Gasteiger charge is 1.94. The van der Waals surface area contributed by atoms with Crippen LogP contribution in [0.1, 0.15) is 5.56 Å². The lowest BCUT2D eigenvalue weighted by Gasteiger charge is -2.04. The van der Waals surface area contributed by atoms with Gasteiger partial charge in [-0.1, -0.05) is 42.3 Å². The van der Waals surface area contributed by atoms with Gasteiger partial charge in [0.25, 0.3) is 0 Å². The average molecular weight is 236 g/mol. The number of amides is 1. The number of para-hydroxylation sites is 1. The van der Waals surface area contributed by atoms with Crippen molar-refractivity contribution in [1.29, 1.82) is 0 Å². The van der Waals surface area contributed by atoms with E-state index < -0.39 is 0 Å². The number of hydrogen-bond acceptors (Lipinski definition) is 2. The monoisotopic (exact) mass is 236 g/mol. The average Bonchev–Trinajstić information content (AvgIpc) is 2.45. The molecule has 2 aromatic carbocycles. The Kier molecular flexibility index (Phi) is 3.99. The maximum atomic E-state index is 11.4. The minimum Gasteiger partial charge on any atom is -0.298 e. The molecule has 0 bridgehead atoms. The van der Waals surface area contributed by atoms with Gasteiger partial charge in [0.2, 0.25) is 0 Å². The molecular weight excluding hydrogens is 224 g/mol. The predicted molar refractivity (Wildman–Crippen MR) is 71.5 cm³/mol. The van der Waals surface area contributed by atoms with Crippen molar-refractivity contribution in [2.75, 3.05) is 5.43 Å². The van der Waals surface area contributed by atoms with E-state index in [9.17, 15) is 4.79 Å². The van der Waals surface area contributed by atoms with Crippen LogP contribution in [-0.2, 0) is 4.79 Å². The first-order chi connectivity index (χ1) is 8.84. The van der Waals surface area contributed by atoms with E-state index in [1.807, 2.05) is 60.7 Å². The molecule has 0 aromatic heterocycles. The van der Waals surface area contributed by atoms with Gasteiger partial charge in [-0.3, -0.25) is 15.6 Å². The summed E-state index contributed by atoms with van der Waals surface area (Å²) in [6.07, 6.45) is 0. The van der Waals surface area contributed by atoms with Gasteiger partial charge in [-0.15, -0.1) is 0 Å². The zero-order valence-corrected chi connectivity index (χ0v) is 9.68. The Labute approximate surface area is 106 Å². The number of carbonyl (C=O) groups is 1. The highest BCUT2D eigenvalue weighted by molar-refractivity contribution is 5.94. The van der Waals surface area contributed by atoms with Crippen molar-refractivity contribution in [2.24, 2.45) is 0 Å². The van der Waals surface area contributed by atoms with Gasteiger partial charge in [0.15, 0.2) is 0 Å². The van der Waals surface area contributed by atoms with Crippen LogP contribution in [0.3, 0.4) is 0 Å². The summed E-state index contributed by atoms with van der Waals surface area (Å²) in [6, 6.07) is 18.7. The van der Waals surface area contributed by atoms with Gasteiger partial charge in [0, 0.05) is 11.5 Å². The van der Waals surface area contributed by atoms with Crippen LogP contribution in [0.25, 0.3) is 0 Å². The van der Waals surface area contributed by atoms with E-state index in [1.54, 1.807) is 0 Å². The maximum Gasteiger partial charge on any atom is 0.314 e. The molecule has 1 amide bonds. The van der Waals surface area contributed by atoms with Gasteiger partial charge in [-0.25, -0.2) is 0 Å². The Balaban J connectivity index is 1.89. The highest BCUT2D eigenvalue weighted by atomic mass is 16.2. The zero-order chi connectivity index (χ0) is 12.6. The lowest BCUT2D eigenvalue weighted by atomic mass is 10.2. The summed E-state index contributed by atoms with van der Waals surface area (Å²) in [5.74, 6) is 4.91. The van der Waals surface area contributed by atoms with Crippen LogP contribution in [0.2, 0.25) is 0 Å². The van der Waals surface area contributed by atoms with Gasteiger partial charge < -0.3 is 0 Å². The summed E-state index contributed by atoms with van der Waals surface area (Å²) >= 11 is 0. The first kappa shape index (κ1) is 11.7. The second kappa shape index (κ2) is 6.12. The third kappa shape index (κ3) is 3.69. The molecule has 88 valence electrons. The van der Waals surface area contributed by atoms with E-state index >= 15 is 0 Å². The van der Waals surface area contributed by atoms with Crippen LogP contribution in [0, 0.1) is 11.8 Å². The molecule has 18 heavy (non-hydrogen) atoms. The Hall–Kier alpha value is -2.73. The molecule has 0 fully saturated rings. The smallest absolute Gasteiger partial charge is 0.298 e. The van der Waals surface area contributed by atoms with Gasteiger partial charge in [-0.05, 0) is 24.3 Å². The summed E-state index contributed by atoms with van der Waals surface area (Å²) in [7, 11) is 0. The lowest BCUT2D eigenvalue weighted by Crippen LogP contribution is -2.27. The van der Waals surface area contributed by atoms with Crippen molar-refractivity contribution in [3.63, 3.8) is 0 Å². The molecule has 0 aliphatic rings. The Morgan fingerprint density at radius 2 is 1.50 bits per heavy atom. The molecule has 2 rings (SSSR count). The molecule has 0 spiro atoms. The van der Waals surface area contributed by atoms with Crippen molar-refractivity contribution >= 4 is 11.6 Å². The summed E-state index contributed by atoms with van der Waals surface area (Å²) < 4.78 is 0. The van der Waals surface area contributed by atoms with Crippen LogP contribution < -0.4 is 10.9 Å². The topological polar surface area (TPSA) is 41.1 Å². The molecule has 3 nitrogen and oxygen atoms in total. The van der Waals surface area contributed by atoms with Gasteiger partial charge >= 0.3 is 5.91 Å². The van der Waals surface area contributed by atoms with Crippen molar-refractivity contribution in [2.45, 2.75) is 0 Å². The molecule has 0 aliphatic carbocycles. The van der Waals surface area contributed by atoms with Gasteiger partial charge in [0.1, 0.15) is 0 Å². The fraction of sp³-hybridized carbons (Fsp3) is 0. The highest BCUT2D eigenvalue weighted by Crippen LogP contribution is 2.02. The summed E-state index contributed by atoms with van der Waals surface area (Å²) in [6.45, 7) is 0. The third-order valence-electron chi connectivity index (χ3n) is 2.19. The first-order valence-corrected chi connectivity index (χ1v) is 5.53. The molecule has 0 saturated heterocycles. The van der Waals surface area contributed by atoms with Crippen molar-refractivity contribution in [1.82, 2.24) is 5.43 Å². The second-order valence-electron chi connectivity index (χ2n) is 3.56. The maximum absolute atomic E-state index is 11.4. The van der Waals surface area contributed by atoms with Crippen LogP contribution >= 0.6 is 0 Å². The van der Waals surface area contributed by atoms with E-state index in [2.05, 4.69) is 22.7 Å². The number of carbonyl (C=O) groups excluding carboxylic acids is 1. The molecule has 0 atom stereocenters. The molecule has 2 aromatic rings. The zero-order valence-electron chi connectivity index (χ0n) is 9.68. The summed E-state index contributed by atoms with van der Waals surface area (Å²) in [5.41, 5.74) is 6.91.